The molecule has 0 amide bonds. The number of rotatable bonds is 7. The Morgan fingerprint density at radius 1 is 0.933 bits per heavy atom. The first-order valence-electron chi connectivity index (χ1n) is 9.15. The zero-order valence-corrected chi connectivity index (χ0v) is 19.8. The lowest BCUT2D eigenvalue weighted by molar-refractivity contribution is -0.499. The smallest absolute Gasteiger partial charge is 0.277 e. The number of halogens is 1. The minimum absolute atomic E-state index is 0. The van der Waals surface area contributed by atoms with E-state index in [-0.39, 0.29) is 29.7 Å². The molecule has 1 aliphatic rings. The Bertz CT molecular complexity index is 990. The van der Waals surface area contributed by atoms with E-state index in [1.807, 2.05) is 19.2 Å². The van der Waals surface area contributed by atoms with Crippen molar-refractivity contribution in [1.82, 2.24) is 0 Å². The first-order chi connectivity index (χ1) is 13.9. The molecule has 3 rings (SSSR count). The second kappa shape index (κ2) is 9.96. The summed E-state index contributed by atoms with van der Waals surface area (Å²) in [5, 5.41) is 11.7. The van der Waals surface area contributed by atoms with Crippen molar-refractivity contribution in [2.24, 2.45) is 0 Å². The van der Waals surface area contributed by atoms with Crippen LogP contribution < -0.4 is 42.9 Å². The molecule has 0 bridgehead atoms. The van der Waals surface area contributed by atoms with Crippen LogP contribution in [0.3, 0.4) is 0 Å². The molecule has 2 aromatic carbocycles. The third-order valence-corrected chi connectivity index (χ3v) is 5.24. The van der Waals surface area contributed by atoms with Gasteiger partial charge in [0.2, 0.25) is 0 Å². The lowest BCUT2D eigenvalue weighted by Gasteiger charge is -2.19. The van der Waals surface area contributed by atoms with E-state index in [1.54, 1.807) is 20.3 Å². The van der Waals surface area contributed by atoms with Crippen LogP contribution in [0.5, 0.6) is 23.0 Å². The molecule has 0 saturated heterocycles. The van der Waals surface area contributed by atoms with E-state index in [9.17, 15) is 10.1 Å². The fourth-order valence-corrected chi connectivity index (χ4v) is 3.66. The number of nitro groups is 1. The van der Waals surface area contributed by atoms with Crippen molar-refractivity contribution in [3.8, 4) is 23.0 Å². The zero-order valence-electron chi connectivity index (χ0n) is 17.7. The van der Waals surface area contributed by atoms with Gasteiger partial charge in [-0.3, -0.25) is 10.1 Å². The lowest BCUT2D eigenvalue weighted by atomic mass is 9.91. The third kappa shape index (κ3) is 4.45. The fraction of sp³-hybridized carbons (Fsp3) is 0.381. The highest BCUT2D eigenvalue weighted by atomic mass is 127. The van der Waals surface area contributed by atoms with E-state index >= 15 is 0 Å². The van der Waals surface area contributed by atoms with Crippen LogP contribution in [0.1, 0.15) is 16.7 Å². The molecule has 30 heavy (non-hydrogen) atoms. The molecular weight excluding hydrogens is 503 g/mol. The van der Waals surface area contributed by atoms with Gasteiger partial charge < -0.3 is 42.9 Å². The summed E-state index contributed by atoms with van der Waals surface area (Å²) in [6.07, 6.45) is 1.22. The van der Waals surface area contributed by atoms with Gasteiger partial charge in [-0.05, 0) is 23.8 Å². The summed E-state index contributed by atoms with van der Waals surface area (Å²) in [5.41, 5.74) is 3.65. The van der Waals surface area contributed by atoms with Gasteiger partial charge in [0.25, 0.3) is 5.69 Å². The summed E-state index contributed by atoms with van der Waals surface area (Å²) in [7, 11) is 8.16. The molecule has 0 radical (unpaired) electrons. The normalized spacial score (nSPS) is 12.6. The summed E-state index contributed by atoms with van der Waals surface area (Å²) < 4.78 is 23.6. The van der Waals surface area contributed by atoms with Gasteiger partial charge in [0.05, 0.1) is 45.8 Å². The summed E-state index contributed by atoms with van der Waals surface area (Å²) >= 11 is 0. The van der Waals surface area contributed by atoms with Crippen LogP contribution in [-0.4, -0.2) is 57.2 Å². The Kier molecular flexibility index (Phi) is 7.88. The van der Waals surface area contributed by atoms with E-state index in [1.165, 1.54) is 20.3 Å². The predicted octanol–water partition coefficient (Wildman–Crippen LogP) is -0.137. The zero-order chi connectivity index (χ0) is 21.1. The van der Waals surface area contributed by atoms with E-state index in [2.05, 4.69) is 4.58 Å². The average Bonchev–Trinajstić information content (AvgIpc) is 2.73. The van der Waals surface area contributed by atoms with Crippen LogP contribution in [0.25, 0.3) is 0 Å². The quantitative estimate of drug-likeness (QED) is 0.216. The molecule has 0 fully saturated rings. The number of hydrogen-bond acceptors (Lipinski definition) is 6. The topological polar surface area (TPSA) is 83.1 Å². The molecule has 0 saturated carbocycles. The van der Waals surface area contributed by atoms with Crippen molar-refractivity contribution in [2.75, 3.05) is 42.0 Å². The van der Waals surface area contributed by atoms with Gasteiger partial charge in [-0.1, -0.05) is 0 Å². The summed E-state index contributed by atoms with van der Waals surface area (Å²) in [6, 6.07) is 7.00. The predicted molar refractivity (Wildman–Crippen MR) is 108 cm³/mol. The molecule has 0 spiro atoms. The van der Waals surface area contributed by atoms with Crippen molar-refractivity contribution in [1.29, 1.82) is 0 Å². The molecule has 9 heteroatoms. The average molecular weight is 528 g/mol. The number of nitro benzene ring substituents is 1. The molecule has 2 aromatic rings. The second-order valence-electron chi connectivity index (χ2n) is 6.75. The van der Waals surface area contributed by atoms with Crippen molar-refractivity contribution in [3.05, 3.63) is 51.1 Å². The highest BCUT2D eigenvalue weighted by Crippen LogP contribution is 2.37. The Hall–Kier alpha value is -2.56. The molecule has 0 aromatic heterocycles. The monoisotopic (exact) mass is 528 g/mol. The van der Waals surface area contributed by atoms with E-state index < -0.39 is 4.92 Å². The number of fused-ring (bicyclic) bond motifs is 1. The highest BCUT2D eigenvalue weighted by Gasteiger charge is 2.29. The van der Waals surface area contributed by atoms with Crippen LogP contribution in [0, 0.1) is 10.1 Å². The molecule has 0 unspecified atom stereocenters. The van der Waals surface area contributed by atoms with Crippen LogP contribution in [-0.2, 0) is 12.8 Å². The SMILES string of the molecule is COc1cc2c(cc1OC)C(Cc1cc(OC)c(OC)cc1[N+](=O)[O-])=[N+](C)CC2.[I-]. The van der Waals surface area contributed by atoms with Crippen molar-refractivity contribution in [2.45, 2.75) is 12.8 Å². The number of hydrogen-bond donors (Lipinski definition) is 0. The molecule has 0 atom stereocenters. The minimum atomic E-state index is -0.393. The molecule has 1 aliphatic heterocycles. The third-order valence-electron chi connectivity index (χ3n) is 5.24. The number of ether oxygens (including phenoxy) is 4. The number of benzene rings is 2. The van der Waals surface area contributed by atoms with Crippen LogP contribution in [0.2, 0.25) is 0 Å². The second-order valence-corrected chi connectivity index (χ2v) is 6.75. The Labute approximate surface area is 192 Å². The molecular formula is C21H25IN2O6. The Morgan fingerprint density at radius 2 is 1.47 bits per heavy atom. The van der Waals surface area contributed by atoms with Gasteiger partial charge in [0, 0.05) is 17.5 Å². The van der Waals surface area contributed by atoms with Gasteiger partial charge in [-0.25, -0.2) is 4.58 Å². The molecule has 0 aliphatic carbocycles. The molecule has 1 heterocycles. The first-order valence-corrected chi connectivity index (χ1v) is 9.15. The summed E-state index contributed by atoms with van der Waals surface area (Å²) in [6.45, 7) is 0.804. The summed E-state index contributed by atoms with van der Waals surface area (Å²) in [5.74, 6) is 2.09. The van der Waals surface area contributed by atoms with E-state index in [0.29, 0.717) is 35.0 Å². The Balaban J connectivity index is 0.00000320. The van der Waals surface area contributed by atoms with Crippen molar-refractivity contribution < 1.29 is 52.4 Å². The highest BCUT2D eigenvalue weighted by molar-refractivity contribution is 6.01. The largest absolute Gasteiger partial charge is 1.00 e. The van der Waals surface area contributed by atoms with Crippen LogP contribution >= 0.6 is 0 Å². The van der Waals surface area contributed by atoms with Crippen molar-refractivity contribution >= 4 is 11.4 Å². The molecule has 162 valence electrons. The lowest BCUT2D eigenvalue weighted by Crippen LogP contribution is -3.00. The minimum Gasteiger partial charge on any atom is -1.00 e. The number of nitrogens with zero attached hydrogens (tertiary/aromatic N) is 2. The van der Waals surface area contributed by atoms with Crippen LogP contribution in [0.15, 0.2) is 24.3 Å². The maximum Gasteiger partial charge on any atom is 0.277 e. The Morgan fingerprint density at radius 3 is 2.03 bits per heavy atom. The number of methoxy groups -OCH3 is 4. The fourth-order valence-electron chi connectivity index (χ4n) is 3.66. The molecule has 0 N–H and O–H groups in total. The van der Waals surface area contributed by atoms with E-state index in [0.717, 1.165) is 29.8 Å². The van der Waals surface area contributed by atoms with Gasteiger partial charge in [-0.2, -0.15) is 0 Å². The van der Waals surface area contributed by atoms with Gasteiger partial charge in [0.1, 0.15) is 13.6 Å². The maximum absolute atomic E-state index is 11.7. The first kappa shape index (κ1) is 23.7. The van der Waals surface area contributed by atoms with E-state index in [4.69, 9.17) is 18.9 Å². The van der Waals surface area contributed by atoms with Crippen LogP contribution in [0.4, 0.5) is 5.69 Å². The summed E-state index contributed by atoms with van der Waals surface area (Å²) in [4.78, 5) is 11.3. The maximum atomic E-state index is 11.7. The molecule has 8 nitrogen and oxygen atoms in total. The van der Waals surface area contributed by atoms with Crippen molar-refractivity contribution in [3.63, 3.8) is 0 Å². The van der Waals surface area contributed by atoms with Gasteiger partial charge in [-0.15, -0.1) is 0 Å². The van der Waals surface area contributed by atoms with Gasteiger partial charge in [0.15, 0.2) is 28.7 Å². The van der Waals surface area contributed by atoms with Gasteiger partial charge >= 0.3 is 0 Å². The number of likely N-dealkylation sites (N-methyl/N-ethyl adjacent to an activating group) is 1. The standard InChI is InChI=1S/C21H25N2O6.HI/c1-22-7-6-13-9-18(26-2)20(28-4)11-15(13)17(22)8-14-10-19(27-3)21(29-5)12-16(14)23(24)25;/h9-12H,6-8H2,1-5H3;1H/q+1;/p-1.